The molecule has 102 valence electrons. The number of rotatable bonds is 3. The van der Waals surface area contributed by atoms with Crippen molar-refractivity contribution in [2.75, 3.05) is 19.6 Å². The molecule has 0 radical (unpaired) electrons. The van der Waals surface area contributed by atoms with Gasteiger partial charge in [-0.2, -0.15) is 0 Å². The van der Waals surface area contributed by atoms with Crippen LogP contribution in [0.25, 0.3) is 0 Å². The lowest BCUT2D eigenvalue weighted by Gasteiger charge is -2.13. The largest absolute Gasteiger partial charge is 0.444 e. The zero-order chi connectivity index (χ0) is 12.4. The molecule has 3 N–H and O–H groups in total. The predicted molar refractivity (Wildman–Crippen MR) is 73.1 cm³/mol. The number of aliphatic hydroxyl groups is 1. The second-order valence-electron chi connectivity index (χ2n) is 4.26. The van der Waals surface area contributed by atoms with Gasteiger partial charge >= 0.3 is 0 Å². The molecule has 7 heteroatoms. The molecule has 1 aromatic rings. The average molecular weight is 340 g/mol. The second-order valence-corrected chi connectivity index (χ2v) is 5.04. The zero-order valence-corrected chi connectivity index (χ0v) is 12.3. The second kappa shape index (κ2) is 6.56. The SMILES string of the molecule is Cc1cc(Br)oc1C(=O)NCC1CNCC1O.Cl. The molecule has 1 aromatic heterocycles. The maximum absolute atomic E-state index is 11.8. The molecule has 0 saturated carbocycles. The molecule has 1 aliphatic rings. The minimum atomic E-state index is -0.389. The topological polar surface area (TPSA) is 74.5 Å². The van der Waals surface area contributed by atoms with Gasteiger partial charge in [0.2, 0.25) is 0 Å². The number of aryl methyl sites for hydroxylation is 1. The van der Waals surface area contributed by atoms with Crippen molar-refractivity contribution >= 4 is 34.2 Å². The Morgan fingerprint density at radius 1 is 1.67 bits per heavy atom. The summed E-state index contributed by atoms with van der Waals surface area (Å²) in [6, 6.07) is 1.75. The molecule has 2 rings (SSSR count). The molecule has 2 atom stereocenters. The molecule has 1 fully saturated rings. The Morgan fingerprint density at radius 2 is 2.39 bits per heavy atom. The lowest BCUT2D eigenvalue weighted by molar-refractivity contribution is 0.0897. The van der Waals surface area contributed by atoms with Crippen LogP contribution in [0.5, 0.6) is 0 Å². The Hall–Kier alpha value is -0.560. The fraction of sp³-hybridized carbons (Fsp3) is 0.545. The Labute approximate surface area is 120 Å². The molecule has 2 heterocycles. The smallest absolute Gasteiger partial charge is 0.287 e. The van der Waals surface area contributed by atoms with Crippen molar-refractivity contribution in [3.8, 4) is 0 Å². The molecular formula is C11H16BrClN2O3. The van der Waals surface area contributed by atoms with E-state index in [-0.39, 0.29) is 30.3 Å². The first-order valence-corrected chi connectivity index (χ1v) is 6.30. The van der Waals surface area contributed by atoms with Gasteiger partial charge in [-0.15, -0.1) is 12.4 Å². The van der Waals surface area contributed by atoms with E-state index in [9.17, 15) is 9.90 Å². The normalized spacial score (nSPS) is 22.6. The quantitative estimate of drug-likeness (QED) is 0.770. The van der Waals surface area contributed by atoms with Crippen molar-refractivity contribution in [2.24, 2.45) is 5.92 Å². The van der Waals surface area contributed by atoms with Crippen LogP contribution in [0.2, 0.25) is 0 Å². The van der Waals surface area contributed by atoms with E-state index in [1.165, 1.54) is 0 Å². The fourth-order valence-corrected chi connectivity index (χ4v) is 2.41. The van der Waals surface area contributed by atoms with Gasteiger partial charge in [0.05, 0.1) is 6.10 Å². The van der Waals surface area contributed by atoms with Crippen molar-refractivity contribution in [3.05, 3.63) is 22.1 Å². The Kier molecular flexibility index (Phi) is 5.65. The van der Waals surface area contributed by atoms with Crippen LogP contribution < -0.4 is 10.6 Å². The van der Waals surface area contributed by atoms with Gasteiger partial charge < -0.3 is 20.2 Å². The summed E-state index contributed by atoms with van der Waals surface area (Å²) in [4.78, 5) is 11.8. The third-order valence-corrected chi connectivity index (χ3v) is 3.31. The van der Waals surface area contributed by atoms with Gasteiger partial charge in [-0.25, -0.2) is 0 Å². The highest BCUT2D eigenvalue weighted by molar-refractivity contribution is 9.10. The molecule has 0 spiro atoms. The van der Waals surface area contributed by atoms with Gasteiger partial charge in [-0.05, 0) is 28.9 Å². The van der Waals surface area contributed by atoms with Gasteiger partial charge in [0.25, 0.3) is 5.91 Å². The molecule has 0 bridgehead atoms. The number of amides is 1. The summed E-state index contributed by atoms with van der Waals surface area (Å²) in [6.07, 6.45) is -0.389. The fourth-order valence-electron chi connectivity index (χ4n) is 1.90. The van der Waals surface area contributed by atoms with Crippen LogP contribution in [-0.2, 0) is 0 Å². The van der Waals surface area contributed by atoms with E-state index in [4.69, 9.17) is 4.42 Å². The van der Waals surface area contributed by atoms with E-state index in [0.717, 1.165) is 12.1 Å². The molecule has 18 heavy (non-hydrogen) atoms. The highest BCUT2D eigenvalue weighted by Crippen LogP contribution is 2.19. The molecule has 2 unspecified atom stereocenters. The highest BCUT2D eigenvalue weighted by atomic mass is 79.9. The van der Waals surface area contributed by atoms with E-state index in [1.807, 2.05) is 6.92 Å². The molecule has 0 aliphatic carbocycles. The van der Waals surface area contributed by atoms with E-state index in [1.54, 1.807) is 6.07 Å². The van der Waals surface area contributed by atoms with E-state index in [2.05, 4.69) is 26.6 Å². The molecular weight excluding hydrogens is 323 g/mol. The Morgan fingerprint density at radius 3 is 2.89 bits per heavy atom. The van der Waals surface area contributed by atoms with Gasteiger partial charge in [-0.1, -0.05) is 0 Å². The van der Waals surface area contributed by atoms with Crippen LogP contribution in [0.4, 0.5) is 0 Å². The summed E-state index contributed by atoms with van der Waals surface area (Å²) in [5, 5.41) is 15.4. The van der Waals surface area contributed by atoms with Crippen LogP contribution in [0.1, 0.15) is 16.1 Å². The van der Waals surface area contributed by atoms with Crippen LogP contribution in [0, 0.1) is 12.8 Å². The maximum Gasteiger partial charge on any atom is 0.287 e. The summed E-state index contributed by atoms with van der Waals surface area (Å²) in [5.41, 5.74) is 0.791. The number of aliphatic hydroxyl groups excluding tert-OH is 1. The number of carbonyl (C=O) groups is 1. The van der Waals surface area contributed by atoms with Crippen LogP contribution in [-0.4, -0.2) is 36.8 Å². The summed E-state index contributed by atoms with van der Waals surface area (Å²) in [6.45, 7) is 3.58. The molecule has 5 nitrogen and oxygen atoms in total. The van der Waals surface area contributed by atoms with Gasteiger partial charge in [0.1, 0.15) is 0 Å². The summed E-state index contributed by atoms with van der Waals surface area (Å²) >= 11 is 3.18. The minimum Gasteiger partial charge on any atom is -0.444 e. The lowest BCUT2D eigenvalue weighted by Crippen LogP contribution is -2.34. The summed E-state index contributed by atoms with van der Waals surface area (Å²) in [7, 11) is 0. The number of carbonyl (C=O) groups excluding carboxylic acids is 1. The monoisotopic (exact) mass is 338 g/mol. The predicted octanol–water partition coefficient (Wildman–Crippen LogP) is 1.08. The average Bonchev–Trinajstić information content (AvgIpc) is 2.81. The minimum absolute atomic E-state index is 0. The maximum atomic E-state index is 11.8. The lowest BCUT2D eigenvalue weighted by atomic mass is 10.1. The van der Waals surface area contributed by atoms with Gasteiger partial charge in [0, 0.05) is 31.1 Å². The number of furan rings is 1. The molecule has 0 aromatic carbocycles. The van der Waals surface area contributed by atoms with Crippen LogP contribution in [0.15, 0.2) is 15.2 Å². The summed E-state index contributed by atoms with van der Waals surface area (Å²) in [5.74, 6) is 0.141. The van der Waals surface area contributed by atoms with Crippen molar-refractivity contribution in [2.45, 2.75) is 13.0 Å². The molecule has 1 saturated heterocycles. The first-order valence-electron chi connectivity index (χ1n) is 5.51. The van der Waals surface area contributed by atoms with Crippen molar-refractivity contribution < 1.29 is 14.3 Å². The van der Waals surface area contributed by atoms with Crippen molar-refractivity contribution in [1.29, 1.82) is 0 Å². The first-order chi connectivity index (χ1) is 8.08. The summed E-state index contributed by atoms with van der Waals surface area (Å²) < 4.78 is 5.79. The third kappa shape index (κ3) is 3.47. The van der Waals surface area contributed by atoms with E-state index in [0.29, 0.717) is 23.5 Å². The number of halogens is 2. The van der Waals surface area contributed by atoms with E-state index >= 15 is 0 Å². The van der Waals surface area contributed by atoms with Gasteiger partial charge in [-0.3, -0.25) is 4.79 Å². The molecule has 1 aliphatic heterocycles. The van der Waals surface area contributed by atoms with Crippen molar-refractivity contribution in [1.82, 2.24) is 10.6 Å². The van der Waals surface area contributed by atoms with Crippen LogP contribution in [0.3, 0.4) is 0 Å². The Bertz CT molecular complexity index is 424. The number of nitrogens with one attached hydrogen (secondary N) is 2. The number of β-amino-alcohol motifs (C(OH)–C–C–N with tert-alkyl or cyclic N) is 1. The number of hydrogen-bond donors (Lipinski definition) is 3. The molecule has 1 amide bonds. The standard InChI is InChI=1S/C11H15BrN2O3.ClH/c1-6-2-9(12)17-10(6)11(16)14-4-7-3-13-5-8(7)15;/h2,7-8,13,15H,3-5H2,1H3,(H,14,16);1H. The zero-order valence-electron chi connectivity index (χ0n) is 9.90. The van der Waals surface area contributed by atoms with Crippen LogP contribution >= 0.6 is 28.3 Å². The third-order valence-electron chi connectivity index (χ3n) is 2.92. The van der Waals surface area contributed by atoms with E-state index < -0.39 is 0 Å². The number of hydrogen-bond acceptors (Lipinski definition) is 4. The van der Waals surface area contributed by atoms with Crippen molar-refractivity contribution in [3.63, 3.8) is 0 Å². The van der Waals surface area contributed by atoms with Gasteiger partial charge in [0.15, 0.2) is 10.4 Å². The Balaban J connectivity index is 0.00000162. The first kappa shape index (κ1) is 15.5. The highest BCUT2D eigenvalue weighted by Gasteiger charge is 2.25.